The Hall–Kier alpha value is -2.30. The molecule has 0 radical (unpaired) electrons. The number of amides is 1. The summed E-state index contributed by atoms with van der Waals surface area (Å²) < 4.78 is 10.6. The molecule has 1 heterocycles. The van der Waals surface area contributed by atoms with Crippen LogP contribution in [-0.2, 0) is 4.79 Å². The molecule has 106 valence electrons. The number of hydrogen-bond donors (Lipinski definition) is 1. The van der Waals surface area contributed by atoms with Gasteiger partial charge in [0, 0.05) is 6.07 Å². The van der Waals surface area contributed by atoms with Crippen LogP contribution in [0.3, 0.4) is 0 Å². The maximum atomic E-state index is 12.0. The second-order valence-corrected chi connectivity index (χ2v) is 4.79. The summed E-state index contributed by atoms with van der Waals surface area (Å²) in [5.74, 6) is 1.51. The van der Waals surface area contributed by atoms with Crippen molar-refractivity contribution >= 4 is 11.7 Å². The van der Waals surface area contributed by atoms with Crippen molar-refractivity contribution < 1.29 is 14.1 Å². The molecule has 1 atom stereocenters. The Morgan fingerprint density at radius 3 is 2.50 bits per heavy atom. The molecule has 0 aliphatic heterocycles. The quantitative estimate of drug-likeness (QED) is 0.930. The molecule has 20 heavy (non-hydrogen) atoms. The number of nitrogens with one attached hydrogen (secondary N) is 1. The molecule has 0 aliphatic carbocycles. The van der Waals surface area contributed by atoms with Gasteiger partial charge < -0.3 is 14.6 Å². The minimum atomic E-state index is -0.619. The zero-order valence-electron chi connectivity index (χ0n) is 12.1. The van der Waals surface area contributed by atoms with Gasteiger partial charge in [0.2, 0.25) is 0 Å². The Bertz CT molecular complexity index is 599. The highest BCUT2D eigenvalue weighted by molar-refractivity contribution is 5.93. The molecule has 1 unspecified atom stereocenters. The van der Waals surface area contributed by atoms with Crippen molar-refractivity contribution in [3.63, 3.8) is 0 Å². The maximum Gasteiger partial charge on any atom is 0.266 e. The van der Waals surface area contributed by atoms with Crippen LogP contribution in [0.1, 0.15) is 23.8 Å². The molecular formula is C15H18N2O3. The highest BCUT2D eigenvalue weighted by Gasteiger charge is 2.18. The predicted molar refractivity (Wildman–Crippen MR) is 75.9 cm³/mol. The maximum absolute atomic E-state index is 12.0. The Kier molecular flexibility index (Phi) is 4.08. The van der Waals surface area contributed by atoms with E-state index in [1.807, 2.05) is 32.0 Å². The molecule has 1 aromatic carbocycles. The van der Waals surface area contributed by atoms with Gasteiger partial charge in [-0.1, -0.05) is 23.4 Å². The summed E-state index contributed by atoms with van der Waals surface area (Å²) in [4.78, 5) is 12.0. The number of aryl methyl sites for hydroxylation is 3. The molecule has 5 heteroatoms. The molecule has 2 aromatic rings. The van der Waals surface area contributed by atoms with Crippen LogP contribution in [0.25, 0.3) is 0 Å². The predicted octanol–water partition coefficient (Wildman–Crippen LogP) is 3.01. The summed E-state index contributed by atoms with van der Waals surface area (Å²) >= 11 is 0. The van der Waals surface area contributed by atoms with E-state index >= 15 is 0 Å². The zero-order valence-corrected chi connectivity index (χ0v) is 12.1. The van der Waals surface area contributed by atoms with E-state index in [2.05, 4.69) is 10.5 Å². The third-order valence-electron chi connectivity index (χ3n) is 2.95. The normalized spacial score (nSPS) is 12.0. The van der Waals surface area contributed by atoms with Crippen LogP contribution >= 0.6 is 0 Å². The molecule has 0 aliphatic rings. The lowest BCUT2D eigenvalue weighted by Crippen LogP contribution is -2.30. The fourth-order valence-corrected chi connectivity index (χ4v) is 1.87. The van der Waals surface area contributed by atoms with Crippen LogP contribution in [0.5, 0.6) is 5.75 Å². The summed E-state index contributed by atoms with van der Waals surface area (Å²) in [6.45, 7) is 7.37. The molecule has 0 saturated carbocycles. The number of aromatic nitrogens is 1. The first-order valence-corrected chi connectivity index (χ1v) is 6.44. The van der Waals surface area contributed by atoms with Crippen LogP contribution in [0.4, 0.5) is 5.82 Å². The lowest BCUT2D eigenvalue weighted by molar-refractivity contribution is -0.122. The fourth-order valence-electron chi connectivity index (χ4n) is 1.87. The zero-order chi connectivity index (χ0) is 14.7. The monoisotopic (exact) mass is 274 g/mol. The van der Waals surface area contributed by atoms with Gasteiger partial charge in [0.1, 0.15) is 11.5 Å². The van der Waals surface area contributed by atoms with E-state index in [1.54, 1.807) is 19.9 Å². The van der Waals surface area contributed by atoms with Gasteiger partial charge in [0.05, 0.1) is 0 Å². The molecule has 0 saturated heterocycles. The van der Waals surface area contributed by atoms with Crippen LogP contribution in [0.15, 0.2) is 28.8 Å². The van der Waals surface area contributed by atoms with E-state index in [4.69, 9.17) is 9.26 Å². The average molecular weight is 274 g/mol. The Morgan fingerprint density at radius 1 is 1.30 bits per heavy atom. The van der Waals surface area contributed by atoms with Crippen molar-refractivity contribution in [2.24, 2.45) is 0 Å². The molecule has 0 bridgehead atoms. The lowest BCUT2D eigenvalue weighted by atomic mass is 10.1. The summed E-state index contributed by atoms with van der Waals surface area (Å²) in [5.41, 5.74) is 2.00. The second kappa shape index (κ2) is 5.77. The van der Waals surface area contributed by atoms with E-state index < -0.39 is 6.10 Å². The van der Waals surface area contributed by atoms with Crippen molar-refractivity contribution in [2.75, 3.05) is 5.32 Å². The first-order valence-electron chi connectivity index (χ1n) is 6.44. The third kappa shape index (κ3) is 3.17. The topological polar surface area (TPSA) is 64.4 Å². The number of ether oxygens (including phenoxy) is 1. The smallest absolute Gasteiger partial charge is 0.266 e. The molecule has 1 aromatic heterocycles. The van der Waals surface area contributed by atoms with E-state index in [-0.39, 0.29) is 5.91 Å². The SMILES string of the molecule is Cc1cc(NC(=O)C(C)Oc2c(C)cccc2C)no1. The van der Waals surface area contributed by atoms with Gasteiger partial charge in [-0.15, -0.1) is 0 Å². The summed E-state index contributed by atoms with van der Waals surface area (Å²) in [5, 5.41) is 6.37. The molecular weight excluding hydrogens is 256 g/mol. The molecule has 0 fully saturated rings. The number of para-hydroxylation sites is 1. The number of carbonyl (C=O) groups is 1. The first-order chi connectivity index (χ1) is 9.47. The minimum absolute atomic E-state index is 0.263. The van der Waals surface area contributed by atoms with Gasteiger partial charge in [-0.3, -0.25) is 4.79 Å². The largest absolute Gasteiger partial charge is 0.480 e. The van der Waals surface area contributed by atoms with Crippen LogP contribution in [0, 0.1) is 20.8 Å². The van der Waals surface area contributed by atoms with Gasteiger partial charge in [0.15, 0.2) is 11.9 Å². The molecule has 0 spiro atoms. The highest BCUT2D eigenvalue weighted by atomic mass is 16.5. The average Bonchev–Trinajstić information content (AvgIpc) is 2.79. The van der Waals surface area contributed by atoms with Gasteiger partial charge in [-0.05, 0) is 38.8 Å². The number of anilines is 1. The Balaban J connectivity index is 2.04. The summed E-state index contributed by atoms with van der Waals surface area (Å²) in [7, 11) is 0. The lowest BCUT2D eigenvalue weighted by Gasteiger charge is -2.17. The van der Waals surface area contributed by atoms with Crippen molar-refractivity contribution in [3.8, 4) is 5.75 Å². The molecule has 5 nitrogen and oxygen atoms in total. The standard InChI is InChI=1S/C15H18N2O3/c1-9-6-5-7-10(2)14(9)19-12(4)15(18)16-13-8-11(3)20-17-13/h5-8,12H,1-4H3,(H,16,17,18). The van der Waals surface area contributed by atoms with Gasteiger partial charge >= 0.3 is 0 Å². The van der Waals surface area contributed by atoms with Crippen molar-refractivity contribution in [1.82, 2.24) is 5.16 Å². The van der Waals surface area contributed by atoms with Crippen molar-refractivity contribution in [1.29, 1.82) is 0 Å². The van der Waals surface area contributed by atoms with E-state index in [1.165, 1.54) is 0 Å². The van der Waals surface area contributed by atoms with Gasteiger partial charge in [-0.2, -0.15) is 0 Å². The van der Waals surface area contributed by atoms with Gasteiger partial charge in [0.25, 0.3) is 5.91 Å². The van der Waals surface area contributed by atoms with E-state index in [0.717, 1.165) is 16.9 Å². The Labute approximate surface area is 117 Å². The Morgan fingerprint density at radius 2 is 1.95 bits per heavy atom. The number of benzene rings is 1. The van der Waals surface area contributed by atoms with Crippen molar-refractivity contribution in [2.45, 2.75) is 33.8 Å². The van der Waals surface area contributed by atoms with E-state index in [9.17, 15) is 4.79 Å². The highest BCUT2D eigenvalue weighted by Crippen LogP contribution is 2.23. The van der Waals surface area contributed by atoms with Crippen LogP contribution < -0.4 is 10.1 Å². The van der Waals surface area contributed by atoms with Crippen LogP contribution in [-0.4, -0.2) is 17.2 Å². The second-order valence-electron chi connectivity index (χ2n) is 4.79. The van der Waals surface area contributed by atoms with Crippen molar-refractivity contribution in [3.05, 3.63) is 41.2 Å². The fraction of sp³-hybridized carbons (Fsp3) is 0.333. The first kappa shape index (κ1) is 14.1. The molecule has 1 amide bonds. The molecule has 1 N–H and O–H groups in total. The van der Waals surface area contributed by atoms with E-state index in [0.29, 0.717) is 11.6 Å². The number of carbonyl (C=O) groups excluding carboxylic acids is 1. The van der Waals surface area contributed by atoms with Gasteiger partial charge in [-0.25, -0.2) is 0 Å². The third-order valence-corrected chi connectivity index (χ3v) is 2.95. The van der Waals surface area contributed by atoms with Crippen LogP contribution in [0.2, 0.25) is 0 Å². The number of nitrogens with zero attached hydrogens (tertiary/aromatic N) is 1. The molecule has 2 rings (SSSR count). The number of hydrogen-bond acceptors (Lipinski definition) is 4. The number of rotatable bonds is 4. The summed E-state index contributed by atoms with van der Waals surface area (Å²) in [6.07, 6.45) is -0.619. The summed E-state index contributed by atoms with van der Waals surface area (Å²) in [6, 6.07) is 7.52. The minimum Gasteiger partial charge on any atom is -0.480 e.